The minimum atomic E-state index is -0.253. The maximum atomic E-state index is 12.3. The summed E-state index contributed by atoms with van der Waals surface area (Å²) in [5.41, 5.74) is 3.64. The van der Waals surface area contributed by atoms with Crippen molar-refractivity contribution in [2.75, 3.05) is 32.1 Å². The first-order valence-corrected chi connectivity index (χ1v) is 8.44. The van der Waals surface area contributed by atoms with E-state index < -0.39 is 0 Å². The van der Waals surface area contributed by atoms with Gasteiger partial charge in [0.25, 0.3) is 5.91 Å². The monoisotopic (exact) mass is 339 g/mol. The van der Waals surface area contributed by atoms with Crippen LogP contribution in [0.2, 0.25) is 0 Å². The number of nitrogens with one attached hydrogen (secondary N) is 2. The van der Waals surface area contributed by atoms with Crippen molar-refractivity contribution in [2.45, 2.75) is 13.3 Å². The molecule has 0 heterocycles. The fourth-order valence-electron chi connectivity index (χ4n) is 2.39. The Labute approximate surface area is 149 Å². The molecule has 2 amide bonds. The zero-order valence-corrected chi connectivity index (χ0v) is 15.0. The van der Waals surface area contributed by atoms with Crippen LogP contribution in [0.3, 0.4) is 0 Å². The number of hydrogen-bond acceptors (Lipinski definition) is 3. The molecule has 0 spiro atoms. The fourth-order valence-corrected chi connectivity index (χ4v) is 2.39. The minimum absolute atomic E-state index is 0.0147. The molecule has 0 fully saturated rings. The van der Waals surface area contributed by atoms with Crippen molar-refractivity contribution in [1.82, 2.24) is 10.6 Å². The Balaban J connectivity index is 2.09. The summed E-state index contributed by atoms with van der Waals surface area (Å²) >= 11 is 0. The molecule has 0 radical (unpaired) electrons. The summed E-state index contributed by atoms with van der Waals surface area (Å²) in [6.45, 7) is 2.58. The van der Waals surface area contributed by atoms with Gasteiger partial charge in [-0.25, -0.2) is 0 Å². The van der Waals surface area contributed by atoms with Gasteiger partial charge in [0.2, 0.25) is 5.91 Å². The van der Waals surface area contributed by atoms with Gasteiger partial charge in [-0.2, -0.15) is 0 Å². The van der Waals surface area contributed by atoms with Crippen LogP contribution < -0.4 is 15.5 Å². The highest BCUT2D eigenvalue weighted by atomic mass is 16.2. The third-order valence-corrected chi connectivity index (χ3v) is 3.80. The quantitative estimate of drug-likeness (QED) is 0.815. The molecule has 2 aromatic rings. The van der Waals surface area contributed by atoms with Crippen LogP contribution in [0.25, 0.3) is 11.1 Å². The second-order valence-electron chi connectivity index (χ2n) is 6.06. The van der Waals surface area contributed by atoms with E-state index >= 15 is 0 Å². The van der Waals surface area contributed by atoms with E-state index in [1.54, 1.807) is 6.07 Å². The standard InChI is InChI=1S/C20H25N3O2/c1-4-11-21-19(24)14-22-20(25)17-9-5-7-15(12-17)16-8-6-10-18(13-16)23(2)3/h5-10,12-13H,4,11,14H2,1-3H3,(H,21,24)(H,22,25). The molecule has 0 unspecified atom stereocenters. The molecule has 132 valence electrons. The lowest BCUT2D eigenvalue weighted by molar-refractivity contribution is -0.120. The van der Waals surface area contributed by atoms with Crippen molar-refractivity contribution in [3.05, 3.63) is 54.1 Å². The highest BCUT2D eigenvalue weighted by Gasteiger charge is 2.09. The van der Waals surface area contributed by atoms with Gasteiger partial charge in [-0.15, -0.1) is 0 Å². The molecular formula is C20H25N3O2. The van der Waals surface area contributed by atoms with Crippen molar-refractivity contribution in [3.63, 3.8) is 0 Å². The van der Waals surface area contributed by atoms with E-state index in [0.717, 1.165) is 23.2 Å². The van der Waals surface area contributed by atoms with Gasteiger partial charge < -0.3 is 15.5 Å². The molecule has 0 aliphatic heterocycles. The minimum Gasteiger partial charge on any atom is -0.378 e. The Kier molecular flexibility index (Phi) is 6.57. The first kappa shape index (κ1) is 18.5. The van der Waals surface area contributed by atoms with Crippen molar-refractivity contribution in [3.8, 4) is 11.1 Å². The predicted octanol–water partition coefficient (Wildman–Crippen LogP) is 2.68. The smallest absolute Gasteiger partial charge is 0.251 e. The fraction of sp³-hybridized carbons (Fsp3) is 0.300. The second kappa shape index (κ2) is 8.87. The SMILES string of the molecule is CCCNC(=O)CNC(=O)c1cccc(-c2cccc(N(C)C)c2)c1. The average molecular weight is 339 g/mol. The summed E-state index contributed by atoms with van der Waals surface area (Å²) in [6, 6.07) is 15.5. The number of carbonyl (C=O) groups excluding carboxylic acids is 2. The van der Waals surface area contributed by atoms with E-state index in [1.807, 2.05) is 62.3 Å². The number of nitrogens with zero attached hydrogens (tertiary/aromatic N) is 1. The van der Waals surface area contributed by atoms with E-state index in [-0.39, 0.29) is 18.4 Å². The summed E-state index contributed by atoms with van der Waals surface area (Å²) in [7, 11) is 3.99. The Morgan fingerprint density at radius 2 is 1.64 bits per heavy atom. The Hall–Kier alpha value is -2.82. The molecule has 0 saturated heterocycles. The normalized spacial score (nSPS) is 10.2. The molecule has 2 aromatic carbocycles. The summed E-state index contributed by atoms with van der Waals surface area (Å²) in [5.74, 6) is -0.428. The van der Waals surface area contributed by atoms with Crippen molar-refractivity contribution in [2.24, 2.45) is 0 Å². The second-order valence-corrected chi connectivity index (χ2v) is 6.06. The van der Waals surface area contributed by atoms with Gasteiger partial charge in [-0.3, -0.25) is 9.59 Å². The van der Waals surface area contributed by atoms with Gasteiger partial charge in [-0.05, 0) is 41.8 Å². The molecule has 25 heavy (non-hydrogen) atoms. The van der Waals surface area contributed by atoms with Crippen LogP contribution in [0.5, 0.6) is 0 Å². The van der Waals surface area contributed by atoms with E-state index in [4.69, 9.17) is 0 Å². The third kappa shape index (κ3) is 5.35. The van der Waals surface area contributed by atoms with E-state index in [0.29, 0.717) is 12.1 Å². The molecule has 0 saturated carbocycles. The Morgan fingerprint density at radius 3 is 2.32 bits per heavy atom. The van der Waals surface area contributed by atoms with Gasteiger partial charge in [0, 0.05) is 31.9 Å². The van der Waals surface area contributed by atoms with Crippen LogP contribution in [0.1, 0.15) is 23.7 Å². The Bertz CT molecular complexity index is 741. The van der Waals surface area contributed by atoms with E-state index in [1.165, 1.54) is 0 Å². The molecule has 5 heteroatoms. The van der Waals surface area contributed by atoms with Crippen LogP contribution in [-0.2, 0) is 4.79 Å². The lowest BCUT2D eigenvalue weighted by Crippen LogP contribution is -2.37. The third-order valence-electron chi connectivity index (χ3n) is 3.80. The molecule has 0 bridgehead atoms. The largest absolute Gasteiger partial charge is 0.378 e. The topological polar surface area (TPSA) is 61.4 Å². The zero-order valence-electron chi connectivity index (χ0n) is 15.0. The zero-order chi connectivity index (χ0) is 18.2. The summed E-state index contributed by atoms with van der Waals surface area (Å²) in [6.07, 6.45) is 0.869. The van der Waals surface area contributed by atoms with Crippen molar-refractivity contribution < 1.29 is 9.59 Å². The molecule has 5 nitrogen and oxygen atoms in total. The molecule has 0 aliphatic carbocycles. The first-order valence-electron chi connectivity index (χ1n) is 8.44. The molecule has 2 rings (SSSR count). The molecule has 2 N–H and O–H groups in total. The maximum absolute atomic E-state index is 12.3. The van der Waals surface area contributed by atoms with Gasteiger partial charge in [-0.1, -0.05) is 31.2 Å². The van der Waals surface area contributed by atoms with Crippen LogP contribution in [0.15, 0.2) is 48.5 Å². The lowest BCUT2D eigenvalue weighted by atomic mass is 10.0. The summed E-state index contributed by atoms with van der Waals surface area (Å²) < 4.78 is 0. The summed E-state index contributed by atoms with van der Waals surface area (Å²) in [4.78, 5) is 25.9. The maximum Gasteiger partial charge on any atom is 0.251 e. The van der Waals surface area contributed by atoms with Crippen LogP contribution in [-0.4, -0.2) is 39.0 Å². The number of amides is 2. The average Bonchev–Trinajstić information content (AvgIpc) is 2.64. The molecule has 0 aromatic heterocycles. The number of benzene rings is 2. The van der Waals surface area contributed by atoms with Crippen LogP contribution >= 0.6 is 0 Å². The highest BCUT2D eigenvalue weighted by molar-refractivity contribution is 5.97. The predicted molar refractivity (Wildman–Crippen MR) is 102 cm³/mol. The van der Waals surface area contributed by atoms with E-state index in [2.05, 4.69) is 16.7 Å². The van der Waals surface area contributed by atoms with Gasteiger partial charge in [0.1, 0.15) is 0 Å². The Morgan fingerprint density at radius 1 is 0.960 bits per heavy atom. The number of anilines is 1. The van der Waals surface area contributed by atoms with Gasteiger partial charge >= 0.3 is 0 Å². The number of rotatable bonds is 7. The lowest BCUT2D eigenvalue weighted by Gasteiger charge is -2.14. The molecular weight excluding hydrogens is 314 g/mol. The number of hydrogen-bond donors (Lipinski definition) is 2. The van der Waals surface area contributed by atoms with Gasteiger partial charge in [0.05, 0.1) is 6.54 Å². The number of carbonyl (C=O) groups is 2. The van der Waals surface area contributed by atoms with Crippen LogP contribution in [0.4, 0.5) is 5.69 Å². The highest BCUT2D eigenvalue weighted by Crippen LogP contribution is 2.24. The molecule has 0 atom stereocenters. The first-order chi connectivity index (χ1) is 12.0. The van der Waals surface area contributed by atoms with Gasteiger partial charge in [0.15, 0.2) is 0 Å². The van der Waals surface area contributed by atoms with Crippen molar-refractivity contribution in [1.29, 1.82) is 0 Å². The van der Waals surface area contributed by atoms with E-state index in [9.17, 15) is 9.59 Å². The molecule has 0 aliphatic rings. The van der Waals surface area contributed by atoms with Crippen LogP contribution in [0, 0.1) is 0 Å². The summed E-state index contributed by atoms with van der Waals surface area (Å²) in [5, 5.41) is 5.39. The van der Waals surface area contributed by atoms with Crippen molar-refractivity contribution >= 4 is 17.5 Å².